The number of methoxy groups -OCH3 is 1. The average Bonchev–Trinajstić information content (AvgIpc) is 2.17. The van der Waals surface area contributed by atoms with E-state index in [4.69, 9.17) is 4.74 Å². The van der Waals surface area contributed by atoms with Gasteiger partial charge < -0.3 is 14.6 Å². The number of benzene rings is 1. The summed E-state index contributed by atoms with van der Waals surface area (Å²) in [6.07, 6.45) is -0.834. The summed E-state index contributed by atoms with van der Waals surface area (Å²) in [6, 6.07) is 2.98. The van der Waals surface area contributed by atoms with Crippen LogP contribution in [0.1, 0.15) is 0 Å². The minimum absolute atomic E-state index is 0.0912. The molecule has 0 saturated carbocycles. The van der Waals surface area contributed by atoms with Crippen LogP contribution in [0.4, 0.5) is 8.78 Å². The van der Waals surface area contributed by atoms with Crippen molar-refractivity contribution in [3.05, 3.63) is 29.8 Å². The second kappa shape index (κ2) is 5.63. The molecule has 1 aromatic carbocycles. The van der Waals surface area contributed by atoms with Crippen molar-refractivity contribution in [1.29, 1.82) is 0 Å². The molecule has 0 heterocycles. The molecule has 5 heteroatoms. The van der Waals surface area contributed by atoms with Crippen LogP contribution in [-0.2, 0) is 4.74 Å². The van der Waals surface area contributed by atoms with Crippen LogP contribution in [0.2, 0.25) is 0 Å². The van der Waals surface area contributed by atoms with Gasteiger partial charge in [-0.1, -0.05) is 0 Å². The van der Waals surface area contributed by atoms with E-state index in [2.05, 4.69) is 4.74 Å². The molecule has 0 aromatic heterocycles. The van der Waals surface area contributed by atoms with Gasteiger partial charge in [0.2, 0.25) is 0 Å². The van der Waals surface area contributed by atoms with E-state index in [1.807, 2.05) is 0 Å². The zero-order chi connectivity index (χ0) is 11.3. The Hall–Kier alpha value is -1.20. The number of ether oxygens (including phenoxy) is 2. The Labute approximate surface area is 86.2 Å². The molecule has 15 heavy (non-hydrogen) atoms. The van der Waals surface area contributed by atoms with Crippen molar-refractivity contribution in [3.8, 4) is 5.75 Å². The fourth-order valence-corrected chi connectivity index (χ4v) is 1.02. The van der Waals surface area contributed by atoms with E-state index in [0.717, 1.165) is 12.1 Å². The topological polar surface area (TPSA) is 38.7 Å². The van der Waals surface area contributed by atoms with E-state index in [-0.39, 0.29) is 19.0 Å². The van der Waals surface area contributed by atoms with E-state index in [0.29, 0.717) is 0 Å². The molecule has 0 aliphatic heterocycles. The van der Waals surface area contributed by atoms with Crippen LogP contribution in [0.5, 0.6) is 5.75 Å². The van der Waals surface area contributed by atoms with Gasteiger partial charge >= 0.3 is 0 Å². The summed E-state index contributed by atoms with van der Waals surface area (Å²) >= 11 is 0. The number of aliphatic hydroxyl groups excluding tert-OH is 1. The van der Waals surface area contributed by atoms with Crippen LogP contribution in [0.3, 0.4) is 0 Å². The third-order valence-corrected chi connectivity index (χ3v) is 1.68. The van der Waals surface area contributed by atoms with Crippen molar-refractivity contribution in [2.24, 2.45) is 0 Å². The van der Waals surface area contributed by atoms with Crippen LogP contribution >= 0.6 is 0 Å². The predicted octanol–water partition coefficient (Wildman–Crippen LogP) is 1.35. The molecule has 1 rings (SSSR count). The van der Waals surface area contributed by atoms with Crippen LogP contribution in [0, 0.1) is 11.6 Å². The lowest BCUT2D eigenvalue weighted by Gasteiger charge is -2.11. The number of rotatable bonds is 5. The van der Waals surface area contributed by atoms with Crippen molar-refractivity contribution in [2.45, 2.75) is 6.10 Å². The molecule has 0 spiro atoms. The van der Waals surface area contributed by atoms with Crippen molar-refractivity contribution >= 4 is 0 Å². The second-order valence-corrected chi connectivity index (χ2v) is 2.99. The number of hydrogen-bond acceptors (Lipinski definition) is 3. The van der Waals surface area contributed by atoms with E-state index in [9.17, 15) is 13.9 Å². The molecule has 84 valence electrons. The lowest BCUT2D eigenvalue weighted by Crippen LogP contribution is -2.22. The van der Waals surface area contributed by atoms with Gasteiger partial charge in [0.25, 0.3) is 0 Å². The molecule has 1 unspecified atom stereocenters. The van der Waals surface area contributed by atoms with Gasteiger partial charge in [-0.2, -0.15) is 0 Å². The zero-order valence-electron chi connectivity index (χ0n) is 8.24. The number of hydrogen-bond donors (Lipinski definition) is 1. The highest BCUT2D eigenvalue weighted by Crippen LogP contribution is 2.17. The zero-order valence-corrected chi connectivity index (χ0v) is 8.24. The molecular formula is C10H12F2O3. The molecule has 3 nitrogen and oxygen atoms in total. The Morgan fingerprint density at radius 2 is 2.07 bits per heavy atom. The second-order valence-electron chi connectivity index (χ2n) is 2.99. The van der Waals surface area contributed by atoms with Crippen molar-refractivity contribution in [2.75, 3.05) is 20.3 Å². The molecule has 0 fully saturated rings. The van der Waals surface area contributed by atoms with E-state index < -0.39 is 17.7 Å². The predicted molar refractivity (Wildman–Crippen MR) is 49.7 cm³/mol. The van der Waals surface area contributed by atoms with Gasteiger partial charge in [-0.3, -0.25) is 0 Å². The summed E-state index contributed by atoms with van der Waals surface area (Å²) < 4.78 is 35.1. The molecule has 0 saturated heterocycles. The summed E-state index contributed by atoms with van der Waals surface area (Å²) in [5.41, 5.74) is 0. The van der Waals surface area contributed by atoms with Crippen LogP contribution < -0.4 is 4.74 Å². The lowest BCUT2D eigenvalue weighted by molar-refractivity contribution is 0.0316. The van der Waals surface area contributed by atoms with Crippen molar-refractivity contribution in [3.63, 3.8) is 0 Å². The summed E-state index contributed by atoms with van der Waals surface area (Å²) in [7, 11) is 1.43. The molecule has 0 aliphatic rings. The number of halogens is 2. The summed E-state index contributed by atoms with van der Waals surface area (Å²) in [5, 5.41) is 9.21. The van der Waals surface area contributed by atoms with Gasteiger partial charge in [0.1, 0.15) is 18.5 Å². The van der Waals surface area contributed by atoms with E-state index >= 15 is 0 Å². The largest absolute Gasteiger partial charge is 0.488 e. The molecule has 1 atom stereocenters. The first-order valence-corrected chi connectivity index (χ1v) is 4.38. The third kappa shape index (κ3) is 3.81. The van der Waals surface area contributed by atoms with Crippen molar-refractivity contribution in [1.82, 2.24) is 0 Å². The van der Waals surface area contributed by atoms with Gasteiger partial charge in [0, 0.05) is 13.2 Å². The fraction of sp³-hybridized carbons (Fsp3) is 0.400. The molecule has 0 radical (unpaired) electrons. The molecule has 1 N–H and O–H groups in total. The van der Waals surface area contributed by atoms with Crippen LogP contribution in [0.25, 0.3) is 0 Å². The van der Waals surface area contributed by atoms with Crippen molar-refractivity contribution < 1.29 is 23.4 Å². The summed E-state index contributed by atoms with van der Waals surface area (Å²) in [4.78, 5) is 0. The lowest BCUT2D eigenvalue weighted by atomic mass is 10.3. The van der Waals surface area contributed by atoms with Gasteiger partial charge in [0.15, 0.2) is 11.6 Å². The highest BCUT2D eigenvalue weighted by molar-refractivity contribution is 5.24. The Morgan fingerprint density at radius 3 is 2.67 bits per heavy atom. The summed E-state index contributed by atoms with van der Waals surface area (Å²) in [5.74, 6) is -1.55. The standard InChI is InChI=1S/C10H12F2O3/c1-14-5-8(13)6-15-10-3-2-7(11)4-9(10)12/h2-4,8,13H,5-6H2,1H3. The van der Waals surface area contributed by atoms with E-state index in [1.165, 1.54) is 13.2 Å². The molecule has 0 amide bonds. The highest BCUT2D eigenvalue weighted by atomic mass is 19.1. The Kier molecular flexibility index (Phi) is 4.45. The Balaban J connectivity index is 2.50. The molecular weight excluding hydrogens is 206 g/mol. The Morgan fingerprint density at radius 1 is 1.33 bits per heavy atom. The van der Waals surface area contributed by atoms with Crippen LogP contribution in [-0.4, -0.2) is 31.5 Å². The first-order chi connectivity index (χ1) is 7.13. The van der Waals surface area contributed by atoms with Gasteiger partial charge in [-0.25, -0.2) is 8.78 Å². The van der Waals surface area contributed by atoms with Crippen LogP contribution in [0.15, 0.2) is 18.2 Å². The fourth-order valence-electron chi connectivity index (χ4n) is 1.02. The summed E-state index contributed by atoms with van der Waals surface area (Å²) in [6.45, 7) is -0.000788. The monoisotopic (exact) mass is 218 g/mol. The maximum absolute atomic E-state index is 13.0. The molecule has 0 aliphatic carbocycles. The van der Waals surface area contributed by atoms with Gasteiger partial charge in [-0.15, -0.1) is 0 Å². The maximum atomic E-state index is 13.0. The minimum atomic E-state index is -0.834. The third-order valence-electron chi connectivity index (χ3n) is 1.68. The SMILES string of the molecule is COCC(O)COc1ccc(F)cc1F. The quantitative estimate of drug-likeness (QED) is 0.810. The molecule has 1 aromatic rings. The first-order valence-electron chi connectivity index (χ1n) is 4.38. The Bertz CT molecular complexity index is 318. The van der Waals surface area contributed by atoms with Gasteiger partial charge in [-0.05, 0) is 12.1 Å². The van der Waals surface area contributed by atoms with E-state index in [1.54, 1.807) is 0 Å². The maximum Gasteiger partial charge on any atom is 0.167 e. The molecule has 0 bridgehead atoms. The normalized spacial score (nSPS) is 12.5. The average molecular weight is 218 g/mol. The highest BCUT2D eigenvalue weighted by Gasteiger charge is 2.08. The number of aliphatic hydroxyl groups is 1. The smallest absolute Gasteiger partial charge is 0.167 e. The minimum Gasteiger partial charge on any atom is -0.488 e. The first kappa shape index (κ1) is 11.9. The van der Waals surface area contributed by atoms with Gasteiger partial charge in [0.05, 0.1) is 6.61 Å².